The third-order valence-corrected chi connectivity index (χ3v) is 5.24. The lowest BCUT2D eigenvalue weighted by Gasteiger charge is -2.23. The van der Waals surface area contributed by atoms with E-state index in [0.717, 1.165) is 13.1 Å². The Morgan fingerprint density at radius 1 is 1.00 bits per heavy atom. The van der Waals surface area contributed by atoms with Crippen LogP contribution in [-0.4, -0.2) is 51.6 Å². The zero-order valence-corrected chi connectivity index (χ0v) is 14.8. The molecule has 0 radical (unpaired) electrons. The second-order valence-corrected chi connectivity index (χ2v) is 6.98. The summed E-state index contributed by atoms with van der Waals surface area (Å²) in [5.74, 6) is 1.47. The van der Waals surface area contributed by atoms with E-state index in [-0.39, 0.29) is 5.95 Å². The minimum Gasteiger partial charge on any atom is -0.368 e. The van der Waals surface area contributed by atoms with Crippen LogP contribution in [0.4, 0.5) is 17.8 Å². The van der Waals surface area contributed by atoms with Crippen molar-refractivity contribution in [3.05, 3.63) is 0 Å². The van der Waals surface area contributed by atoms with Crippen molar-refractivity contribution in [3.63, 3.8) is 0 Å². The molecule has 4 N–H and O–H groups in total. The van der Waals surface area contributed by atoms with Gasteiger partial charge in [-0.05, 0) is 38.8 Å². The molecule has 1 saturated carbocycles. The molecular weight excluding hydrogens is 302 g/mol. The highest BCUT2D eigenvalue weighted by Crippen LogP contribution is 2.21. The van der Waals surface area contributed by atoms with Crippen LogP contribution in [0.5, 0.6) is 0 Å². The third kappa shape index (κ3) is 4.69. The third-order valence-electron chi connectivity index (χ3n) is 5.24. The van der Waals surface area contributed by atoms with E-state index >= 15 is 0 Å². The first-order chi connectivity index (χ1) is 11.7. The van der Waals surface area contributed by atoms with E-state index in [0.29, 0.717) is 24.0 Å². The summed E-state index contributed by atoms with van der Waals surface area (Å²) in [7, 11) is 0. The molecule has 2 fully saturated rings. The Bertz CT molecular complexity index is 514. The molecular formula is C17H31N7. The number of nitrogens with two attached hydrogens (primary N) is 1. The largest absolute Gasteiger partial charge is 0.368 e. The van der Waals surface area contributed by atoms with E-state index < -0.39 is 0 Å². The van der Waals surface area contributed by atoms with Crippen LogP contribution in [0.15, 0.2) is 0 Å². The van der Waals surface area contributed by atoms with E-state index in [4.69, 9.17) is 5.73 Å². The maximum absolute atomic E-state index is 5.88. The van der Waals surface area contributed by atoms with Crippen molar-refractivity contribution < 1.29 is 0 Å². The fourth-order valence-corrected chi connectivity index (χ4v) is 3.89. The number of anilines is 3. The fourth-order valence-electron chi connectivity index (χ4n) is 3.89. The van der Waals surface area contributed by atoms with Crippen LogP contribution < -0.4 is 16.4 Å². The van der Waals surface area contributed by atoms with Crippen molar-refractivity contribution in [2.24, 2.45) is 0 Å². The summed E-state index contributed by atoms with van der Waals surface area (Å²) in [4.78, 5) is 15.5. The van der Waals surface area contributed by atoms with Crippen molar-refractivity contribution in [3.8, 4) is 0 Å². The molecule has 1 aromatic rings. The summed E-state index contributed by atoms with van der Waals surface area (Å²) < 4.78 is 0. The normalized spacial score (nSPS) is 23.1. The lowest BCUT2D eigenvalue weighted by Crippen LogP contribution is -2.35. The van der Waals surface area contributed by atoms with E-state index in [9.17, 15) is 0 Å². The monoisotopic (exact) mass is 333 g/mol. The second kappa shape index (κ2) is 8.46. The number of nitrogen functional groups attached to an aromatic ring is 1. The van der Waals surface area contributed by atoms with Crippen molar-refractivity contribution >= 4 is 17.8 Å². The van der Waals surface area contributed by atoms with Gasteiger partial charge in [-0.15, -0.1) is 0 Å². The van der Waals surface area contributed by atoms with E-state index in [1.807, 2.05) is 0 Å². The standard InChI is InChI=1S/C17H31N7/c1-2-24-11-7-10-14(24)12-19-16-21-15(18)22-17(23-16)20-13-8-5-3-4-6-9-13/h13-14H,2-12H2,1H3,(H4,18,19,20,21,22,23). The van der Waals surface area contributed by atoms with Crippen LogP contribution in [0.25, 0.3) is 0 Å². The molecule has 1 aromatic heterocycles. The van der Waals surface area contributed by atoms with Crippen LogP contribution in [0.3, 0.4) is 0 Å². The predicted octanol–water partition coefficient (Wildman–Crippen LogP) is 2.48. The van der Waals surface area contributed by atoms with Crippen LogP contribution in [0, 0.1) is 0 Å². The fraction of sp³-hybridized carbons (Fsp3) is 0.824. The van der Waals surface area contributed by atoms with Gasteiger partial charge < -0.3 is 16.4 Å². The molecule has 0 bridgehead atoms. The topological polar surface area (TPSA) is 92.0 Å². The number of likely N-dealkylation sites (N-methyl/N-ethyl adjacent to an activating group) is 1. The number of rotatable bonds is 6. The zero-order valence-electron chi connectivity index (χ0n) is 14.8. The van der Waals surface area contributed by atoms with Gasteiger partial charge in [-0.2, -0.15) is 15.0 Å². The summed E-state index contributed by atoms with van der Waals surface area (Å²) in [6, 6.07) is 1.01. The molecule has 134 valence electrons. The van der Waals surface area contributed by atoms with Crippen molar-refractivity contribution in [2.75, 3.05) is 36.0 Å². The molecule has 3 rings (SSSR count). The van der Waals surface area contributed by atoms with Gasteiger partial charge in [0.2, 0.25) is 17.8 Å². The summed E-state index contributed by atoms with van der Waals surface area (Å²) in [5.41, 5.74) is 5.88. The minimum atomic E-state index is 0.280. The van der Waals surface area contributed by atoms with Gasteiger partial charge in [-0.25, -0.2) is 0 Å². The Morgan fingerprint density at radius 2 is 1.75 bits per heavy atom. The highest BCUT2D eigenvalue weighted by atomic mass is 15.3. The van der Waals surface area contributed by atoms with E-state index in [2.05, 4.69) is 37.4 Å². The van der Waals surface area contributed by atoms with Crippen molar-refractivity contribution in [2.45, 2.75) is 70.4 Å². The molecule has 1 saturated heterocycles. The highest BCUT2D eigenvalue weighted by molar-refractivity contribution is 5.40. The van der Waals surface area contributed by atoms with Gasteiger partial charge in [0.1, 0.15) is 0 Å². The van der Waals surface area contributed by atoms with Crippen molar-refractivity contribution in [1.29, 1.82) is 0 Å². The second-order valence-electron chi connectivity index (χ2n) is 6.98. The van der Waals surface area contributed by atoms with Gasteiger partial charge >= 0.3 is 0 Å². The predicted molar refractivity (Wildman–Crippen MR) is 98.1 cm³/mol. The molecule has 24 heavy (non-hydrogen) atoms. The maximum atomic E-state index is 5.88. The average Bonchev–Trinajstić information content (AvgIpc) is 2.88. The molecule has 7 nitrogen and oxygen atoms in total. The molecule has 2 aliphatic rings. The van der Waals surface area contributed by atoms with Gasteiger partial charge in [0.25, 0.3) is 0 Å². The minimum absolute atomic E-state index is 0.280. The molecule has 0 spiro atoms. The lowest BCUT2D eigenvalue weighted by atomic mass is 10.1. The Balaban J connectivity index is 1.58. The Hall–Kier alpha value is -1.63. The van der Waals surface area contributed by atoms with Crippen LogP contribution >= 0.6 is 0 Å². The lowest BCUT2D eigenvalue weighted by molar-refractivity contribution is 0.277. The first kappa shape index (κ1) is 17.2. The number of likely N-dealkylation sites (tertiary alicyclic amines) is 1. The van der Waals surface area contributed by atoms with Crippen LogP contribution in [-0.2, 0) is 0 Å². The van der Waals surface area contributed by atoms with Crippen LogP contribution in [0.1, 0.15) is 58.3 Å². The maximum Gasteiger partial charge on any atom is 0.229 e. The number of hydrogen-bond acceptors (Lipinski definition) is 7. The van der Waals surface area contributed by atoms with E-state index in [1.54, 1.807) is 0 Å². The first-order valence-corrected chi connectivity index (χ1v) is 9.50. The van der Waals surface area contributed by atoms with Crippen LogP contribution in [0.2, 0.25) is 0 Å². The summed E-state index contributed by atoms with van der Waals surface area (Å²) >= 11 is 0. The Morgan fingerprint density at radius 3 is 2.50 bits per heavy atom. The molecule has 0 amide bonds. The quantitative estimate of drug-likeness (QED) is 0.689. The van der Waals surface area contributed by atoms with Crippen molar-refractivity contribution in [1.82, 2.24) is 19.9 Å². The highest BCUT2D eigenvalue weighted by Gasteiger charge is 2.23. The van der Waals surface area contributed by atoms with Gasteiger partial charge in [0.15, 0.2) is 0 Å². The van der Waals surface area contributed by atoms with Gasteiger partial charge in [-0.3, -0.25) is 4.90 Å². The summed E-state index contributed by atoms with van der Waals surface area (Å²) in [6.07, 6.45) is 10.1. The number of nitrogens with zero attached hydrogens (tertiary/aromatic N) is 4. The SMILES string of the molecule is CCN1CCCC1CNc1nc(N)nc(NC2CCCCCC2)n1. The molecule has 2 heterocycles. The zero-order chi connectivity index (χ0) is 16.8. The van der Waals surface area contributed by atoms with E-state index in [1.165, 1.54) is 57.9 Å². The van der Waals surface area contributed by atoms with Gasteiger partial charge in [0, 0.05) is 18.6 Å². The molecule has 1 atom stereocenters. The smallest absolute Gasteiger partial charge is 0.229 e. The number of nitrogens with one attached hydrogen (secondary N) is 2. The molecule has 0 aromatic carbocycles. The molecule has 7 heteroatoms. The van der Waals surface area contributed by atoms with Gasteiger partial charge in [0.05, 0.1) is 0 Å². The number of aromatic nitrogens is 3. The first-order valence-electron chi connectivity index (χ1n) is 9.50. The molecule has 1 unspecified atom stereocenters. The Kier molecular flexibility index (Phi) is 6.07. The summed E-state index contributed by atoms with van der Waals surface area (Å²) in [6.45, 7) is 5.37. The average molecular weight is 333 g/mol. The molecule has 1 aliphatic carbocycles. The van der Waals surface area contributed by atoms with Gasteiger partial charge in [-0.1, -0.05) is 32.6 Å². The summed E-state index contributed by atoms with van der Waals surface area (Å²) in [5, 5.41) is 6.82. The Labute approximate surface area is 144 Å². The molecule has 1 aliphatic heterocycles. The number of hydrogen-bond donors (Lipinski definition) is 3.